The fraction of sp³-hybridized carbons (Fsp3) is 1.00. The molecule has 2 fully saturated rings. The number of rotatable bonds is 3. The molecule has 2 aliphatic carbocycles. The van der Waals surface area contributed by atoms with Crippen LogP contribution in [0.5, 0.6) is 0 Å². The third-order valence-corrected chi connectivity index (χ3v) is 4.69. The molecule has 2 aliphatic rings. The Kier molecular flexibility index (Phi) is 2.32. The monoisotopic (exact) mass is 207 g/mol. The summed E-state index contributed by atoms with van der Waals surface area (Å²) < 4.78 is 38.4. The molecule has 1 N–H and O–H groups in total. The minimum absolute atomic E-state index is 0.236. The molecule has 0 aliphatic heterocycles. The van der Waals surface area contributed by atoms with E-state index < -0.39 is 22.2 Å². The van der Waals surface area contributed by atoms with Gasteiger partial charge in [0.05, 0.1) is 11.3 Å². The van der Waals surface area contributed by atoms with Crippen molar-refractivity contribution in [3.63, 3.8) is 0 Å². The molecule has 2 atom stereocenters. The molecule has 5 heteroatoms. The highest BCUT2D eigenvalue weighted by Gasteiger charge is 2.39. The summed E-state index contributed by atoms with van der Waals surface area (Å²) in [6.45, 7) is 0. The smallest absolute Gasteiger partial charge is 0.214 e. The molecule has 0 heterocycles. The summed E-state index contributed by atoms with van der Waals surface area (Å²) >= 11 is 0. The summed E-state index contributed by atoms with van der Waals surface area (Å²) in [6.07, 6.45) is 2.43. The Morgan fingerprint density at radius 3 is 2.31 bits per heavy atom. The van der Waals surface area contributed by atoms with E-state index in [1.165, 1.54) is 0 Å². The average molecular weight is 207 g/mol. The molecule has 0 saturated heterocycles. The van der Waals surface area contributed by atoms with Crippen molar-refractivity contribution in [2.45, 2.75) is 49.6 Å². The molecule has 13 heavy (non-hydrogen) atoms. The third-order valence-electron chi connectivity index (χ3n) is 2.71. The number of sulfonamides is 1. The highest BCUT2D eigenvalue weighted by molar-refractivity contribution is 7.90. The second-order valence-electron chi connectivity index (χ2n) is 3.92. The molecule has 0 amide bonds. The first-order valence-electron chi connectivity index (χ1n) is 4.75. The van der Waals surface area contributed by atoms with Gasteiger partial charge in [-0.15, -0.1) is 0 Å². The average Bonchev–Trinajstić information content (AvgIpc) is 2.80. The largest absolute Gasteiger partial charge is 0.246 e. The summed E-state index contributed by atoms with van der Waals surface area (Å²) in [4.78, 5) is 0. The summed E-state index contributed by atoms with van der Waals surface area (Å²) in [6, 6.07) is -0.453. The van der Waals surface area contributed by atoms with Crippen LogP contribution in [0, 0.1) is 0 Å². The number of hydrogen-bond acceptors (Lipinski definition) is 2. The fourth-order valence-electron chi connectivity index (χ4n) is 1.73. The molecular weight excluding hydrogens is 193 g/mol. The van der Waals surface area contributed by atoms with Crippen LogP contribution in [0.15, 0.2) is 0 Å². The lowest BCUT2D eigenvalue weighted by atomic mass is 10.2. The van der Waals surface area contributed by atoms with Crippen LogP contribution in [0.2, 0.25) is 0 Å². The Balaban J connectivity index is 1.96. The SMILES string of the molecule is O=S(=O)(N[C@@H]1CCC[C@@H]1F)C1CC1. The molecule has 0 unspecified atom stereocenters. The van der Waals surface area contributed by atoms with Crippen molar-refractivity contribution < 1.29 is 12.8 Å². The van der Waals surface area contributed by atoms with E-state index in [9.17, 15) is 12.8 Å². The first kappa shape index (κ1) is 9.40. The predicted octanol–water partition coefficient (Wildman–Crippen LogP) is 0.959. The van der Waals surface area contributed by atoms with E-state index in [1.54, 1.807) is 0 Å². The summed E-state index contributed by atoms with van der Waals surface area (Å²) in [5, 5.41) is -0.236. The van der Waals surface area contributed by atoms with Crippen molar-refractivity contribution in [2.75, 3.05) is 0 Å². The summed E-state index contributed by atoms with van der Waals surface area (Å²) in [5.74, 6) is 0. The third kappa shape index (κ3) is 2.02. The van der Waals surface area contributed by atoms with Crippen molar-refractivity contribution >= 4 is 10.0 Å². The molecule has 0 spiro atoms. The van der Waals surface area contributed by atoms with Crippen LogP contribution in [0.1, 0.15) is 32.1 Å². The first-order chi connectivity index (χ1) is 6.09. The lowest BCUT2D eigenvalue weighted by molar-refractivity contribution is 0.300. The van der Waals surface area contributed by atoms with Crippen molar-refractivity contribution in [3.05, 3.63) is 0 Å². The van der Waals surface area contributed by atoms with E-state index in [4.69, 9.17) is 0 Å². The van der Waals surface area contributed by atoms with Crippen LogP contribution < -0.4 is 4.72 Å². The zero-order valence-corrected chi connectivity index (χ0v) is 8.19. The molecule has 0 bridgehead atoms. The molecule has 0 aromatic rings. The Morgan fingerprint density at radius 1 is 1.15 bits per heavy atom. The lowest BCUT2D eigenvalue weighted by Crippen LogP contribution is -2.39. The number of alkyl halides is 1. The zero-order valence-electron chi connectivity index (χ0n) is 7.37. The van der Waals surface area contributed by atoms with Gasteiger partial charge in [0, 0.05) is 0 Å². The molecule has 2 rings (SSSR count). The van der Waals surface area contributed by atoms with Gasteiger partial charge in [0.15, 0.2) is 0 Å². The van der Waals surface area contributed by atoms with Gasteiger partial charge in [-0.25, -0.2) is 17.5 Å². The topological polar surface area (TPSA) is 46.2 Å². The molecule has 0 radical (unpaired) electrons. The van der Waals surface area contributed by atoms with Gasteiger partial charge in [0.25, 0.3) is 0 Å². The quantitative estimate of drug-likeness (QED) is 0.749. The normalized spacial score (nSPS) is 35.2. The number of nitrogens with one attached hydrogen (secondary N) is 1. The van der Waals surface area contributed by atoms with E-state index in [0.717, 1.165) is 19.3 Å². The van der Waals surface area contributed by atoms with Crippen molar-refractivity contribution in [2.24, 2.45) is 0 Å². The van der Waals surface area contributed by atoms with Gasteiger partial charge in [-0.3, -0.25) is 0 Å². The second kappa shape index (κ2) is 3.20. The molecule has 3 nitrogen and oxygen atoms in total. The zero-order chi connectivity index (χ0) is 9.47. The van der Waals surface area contributed by atoms with Crippen LogP contribution in [-0.4, -0.2) is 25.9 Å². The maximum Gasteiger partial charge on any atom is 0.214 e. The van der Waals surface area contributed by atoms with Crippen LogP contribution in [-0.2, 0) is 10.0 Å². The minimum Gasteiger partial charge on any atom is -0.246 e. The molecule has 0 aromatic carbocycles. The first-order valence-corrected chi connectivity index (χ1v) is 6.29. The van der Waals surface area contributed by atoms with E-state index in [0.29, 0.717) is 12.8 Å². The van der Waals surface area contributed by atoms with E-state index in [1.807, 2.05) is 0 Å². The number of hydrogen-bond donors (Lipinski definition) is 1. The molecule has 76 valence electrons. The summed E-state index contributed by atoms with van der Waals surface area (Å²) in [7, 11) is -3.19. The van der Waals surface area contributed by atoms with Gasteiger partial charge < -0.3 is 0 Å². The van der Waals surface area contributed by atoms with Crippen molar-refractivity contribution in [1.82, 2.24) is 4.72 Å². The van der Waals surface area contributed by atoms with E-state index >= 15 is 0 Å². The molecule has 2 saturated carbocycles. The Morgan fingerprint density at radius 2 is 1.85 bits per heavy atom. The van der Waals surface area contributed by atoms with Gasteiger partial charge in [-0.1, -0.05) is 0 Å². The van der Waals surface area contributed by atoms with Gasteiger partial charge in [0.2, 0.25) is 10.0 Å². The Labute approximate surface area is 77.8 Å². The Hall–Kier alpha value is -0.160. The number of halogens is 1. The van der Waals surface area contributed by atoms with Crippen LogP contribution in [0.4, 0.5) is 4.39 Å². The fourth-order valence-corrected chi connectivity index (χ4v) is 3.37. The van der Waals surface area contributed by atoms with Gasteiger partial charge in [0.1, 0.15) is 6.17 Å². The maximum absolute atomic E-state index is 13.1. The second-order valence-corrected chi connectivity index (χ2v) is 5.91. The van der Waals surface area contributed by atoms with E-state index in [2.05, 4.69) is 4.72 Å². The van der Waals surface area contributed by atoms with Crippen LogP contribution in [0.25, 0.3) is 0 Å². The van der Waals surface area contributed by atoms with E-state index in [-0.39, 0.29) is 5.25 Å². The minimum atomic E-state index is -3.19. The summed E-state index contributed by atoms with van der Waals surface area (Å²) in [5.41, 5.74) is 0. The van der Waals surface area contributed by atoms with Crippen molar-refractivity contribution in [1.29, 1.82) is 0 Å². The standard InChI is InChI=1S/C8H14FNO2S/c9-7-2-1-3-8(7)10-13(11,12)6-4-5-6/h6-8,10H,1-5H2/t7-,8+/m0/s1. The maximum atomic E-state index is 13.1. The molecular formula is C8H14FNO2S. The lowest BCUT2D eigenvalue weighted by Gasteiger charge is -2.14. The van der Waals surface area contributed by atoms with Crippen LogP contribution in [0.3, 0.4) is 0 Å². The van der Waals surface area contributed by atoms with Gasteiger partial charge in [-0.05, 0) is 32.1 Å². The highest BCUT2D eigenvalue weighted by Crippen LogP contribution is 2.30. The van der Waals surface area contributed by atoms with Crippen LogP contribution >= 0.6 is 0 Å². The Bertz CT molecular complexity index is 287. The molecule has 0 aromatic heterocycles. The van der Waals surface area contributed by atoms with Gasteiger partial charge in [-0.2, -0.15) is 0 Å². The van der Waals surface area contributed by atoms with Gasteiger partial charge >= 0.3 is 0 Å². The highest BCUT2D eigenvalue weighted by atomic mass is 32.2. The van der Waals surface area contributed by atoms with Crippen molar-refractivity contribution in [3.8, 4) is 0 Å². The predicted molar refractivity (Wildman–Crippen MR) is 47.6 cm³/mol.